The summed E-state index contributed by atoms with van der Waals surface area (Å²) >= 11 is 1.34. The van der Waals surface area contributed by atoms with Gasteiger partial charge in [-0.05, 0) is 29.8 Å². The molecule has 2 heterocycles. The molecule has 4 rings (SSSR count). The number of halogens is 1. The molecule has 0 fully saturated rings. The third kappa shape index (κ3) is 2.92. The van der Waals surface area contributed by atoms with Crippen molar-refractivity contribution in [2.24, 2.45) is 0 Å². The van der Waals surface area contributed by atoms with Crippen molar-refractivity contribution in [1.29, 1.82) is 0 Å². The van der Waals surface area contributed by atoms with Crippen LogP contribution in [0.25, 0.3) is 27.5 Å². The van der Waals surface area contributed by atoms with Gasteiger partial charge in [0.05, 0.1) is 17.8 Å². The average molecular weight is 352 g/mol. The number of carboxylic acids is 1. The van der Waals surface area contributed by atoms with Gasteiger partial charge in [-0.3, -0.25) is 9.20 Å². The molecule has 0 radical (unpaired) electrons. The maximum Gasteiger partial charge on any atom is 0.308 e. The van der Waals surface area contributed by atoms with Gasteiger partial charge in [0, 0.05) is 16.6 Å². The van der Waals surface area contributed by atoms with Gasteiger partial charge < -0.3 is 5.11 Å². The molecule has 2 aromatic carbocycles. The van der Waals surface area contributed by atoms with Crippen LogP contribution in [0.1, 0.15) is 4.88 Å². The van der Waals surface area contributed by atoms with Gasteiger partial charge in [-0.25, -0.2) is 9.37 Å². The third-order valence-corrected chi connectivity index (χ3v) is 4.95. The van der Waals surface area contributed by atoms with Gasteiger partial charge >= 0.3 is 5.97 Å². The fraction of sp³-hybridized carbons (Fsp3) is 0.0526. The summed E-state index contributed by atoms with van der Waals surface area (Å²) in [7, 11) is 0. The molecule has 0 aliphatic rings. The lowest BCUT2D eigenvalue weighted by molar-refractivity contribution is -0.136. The van der Waals surface area contributed by atoms with E-state index in [0.29, 0.717) is 4.88 Å². The van der Waals surface area contributed by atoms with Crippen molar-refractivity contribution < 1.29 is 14.3 Å². The fourth-order valence-electron chi connectivity index (χ4n) is 2.80. The van der Waals surface area contributed by atoms with Crippen LogP contribution in [0, 0.1) is 5.82 Å². The second-order valence-corrected chi connectivity index (χ2v) is 6.66. The predicted molar refractivity (Wildman–Crippen MR) is 95.2 cm³/mol. The number of fused-ring (bicyclic) bond motifs is 1. The molecule has 0 unspecified atom stereocenters. The molecule has 4 aromatic rings. The van der Waals surface area contributed by atoms with Gasteiger partial charge in [0.2, 0.25) is 0 Å². The first-order chi connectivity index (χ1) is 12.1. The molecule has 0 saturated carbocycles. The van der Waals surface area contributed by atoms with E-state index in [1.807, 2.05) is 40.9 Å². The maximum atomic E-state index is 13.3. The number of aliphatic carboxylic acids is 1. The largest absolute Gasteiger partial charge is 0.481 e. The molecule has 0 aliphatic heterocycles. The van der Waals surface area contributed by atoms with E-state index >= 15 is 0 Å². The predicted octanol–water partition coefficient (Wildman–Crippen LogP) is 4.50. The minimum absolute atomic E-state index is 0.0958. The molecule has 1 N–H and O–H groups in total. The van der Waals surface area contributed by atoms with Crippen LogP contribution < -0.4 is 0 Å². The minimum atomic E-state index is -0.906. The van der Waals surface area contributed by atoms with Crippen molar-refractivity contribution >= 4 is 22.3 Å². The summed E-state index contributed by atoms with van der Waals surface area (Å²) in [6.07, 6.45) is 1.80. The summed E-state index contributed by atoms with van der Waals surface area (Å²) in [6, 6.07) is 15.8. The Balaban J connectivity index is 1.91. The van der Waals surface area contributed by atoms with Crippen LogP contribution in [0.4, 0.5) is 4.39 Å². The van der Waals surface area contributed by atoms with Crippen LogP contribution in [-0.2, 0) is 11.2 Å². The highest BCUT2D eigenvalue weighted by Crippen LogP contribution is 2.34. The molecular weight excluding hydrogens is 339 g/mol. The van der Waals surface area contributed by atoms with E-state index in [1.165, 1.54) is 23.5 Å². The van der Waals surface area contributed by atoms with Crippen molar-refractivity contribution in [3.63, 3.8) is 0 Å². The summed E-state index contributed by atoms with van der Waals surface area (Å²) in [5.74, 6) is -1.23. The number of carboxylic acid groups (broad SMARTS) is 1. The van der Waals surface area contributed by atoms with E-state index in [1.54, 1.807) is 12.1 Å². The first-order valence-electron chi connectivity index (χ1n) is 7.66. The number of hydrogen-bond donors (Lipinski definition) is 1. The first kappa shape index (κ1) is 15.5. The Morgan fingerprint density at radius 1 is 1.08 bits per heavy atom. The number of imidazole rings is 1. The molecule has 124 valence electrons. The average Bonchev–Trinajstić information content (AvgIpc) is 3.14. The highest BCUT2D eigenvalue weighted by atomic mass is 32.1. The summed E-state index contributed by atoms with van der Waals surface area (Å²) in [4.78, 5) is 17.3. The van der Waals surface area contributed by atoms with Crippen molar-refractivity contribution in [3.05, 3.63) is 71.5 Å². The Kier molecular flexibility index (Phi) is 3.82. The quantitative estimate of drug-likeness (QED) is 0.588. The SMILES string of the molecule is O=C(O)Cc1sc2nc(-c3ccccc3)cn2c1-c1ccc(F)cc1. The van der Waals surface area contributed by atoms with Gasteiger partial charge in [0.25, 0.3) is 0 Å². The van der Waals surface area contributed by atoms with Crippen LogP contribution >= 0.6 is 11.3 Å². The van der Waals surface area contributed by atoms with Crippen LogP contribution in [0.5, 0.6) is 0 Å². The summed E-state index contributed by atoms with van der Waals surface area (Å²) in [5, 5.41) is 9.19. The summed E-state index contributed by atoms with van der Waals surface area (Å²) < 4.78 is 15.2. The van der Waals surface area contributed by atoms with Crippen LogP contribution in [0.3, 0.4) is 0 Å². The zero-order valence-electron chi connectivity index (χ0n) is 13.0. The number of thiazole rings is 1. The van der Waals surface area contributed by atoms with E-state index in [4.69, 9.17) is 0 Å². The van der Waals surface area contributed by atoms with Crippen molar-refractivity contribution in [3.8, 4) is 22.5 Å². The highest BCUT2D eigenvalue weighted by Gasteiger charge is 2.19. The maximum absolute atomic E-state index is 13.3. The molecule has 0 saturated heterocycles. The Labute approximate surface area is 146 Å². The van der Waals surface area contributed by atoms with E-state index in [-0.39, 0.29) is 12.2 Å². The van der Waals surface area contributed by atoms with Crippen molar-refractivity contribution in [1.82, 2.24) is 9.38 Å². The molecule has 0 atom stereocenters. The van der Waals surface area contributed by atoms with Crippen molar-refractivity contribution in [2.75, 3.05) is 0 Å². The van der Waals surface area contributed by atoms with Crippen molar-refractivity contribution in [2.45, 2.75) is 6.42 Å². The Hall–Kier alpha value is -2.99. The topological polar surface area (TPSA) is 54.6 Å². The van der Waals surface area contributed by atoms with Crippen LogP contribution in [0.2, 0.25) is 0 Å². The number of rotatable bonds is 4. The second kappa shape index (κ2) is 6.14. The smallest absolute Gasteiger partial charge is 0.308 e. The lowest BCUT2D eigenvalue weighted by Gasteiger charge is -2.04. The summed E-state index contributed by atoms with van der Waals surface area (Å²) in [5.41, 5.74) is 3.32. The van der Waals surface area contributed by atoms with E-state index in [9.17, 15) is 14.3 Å². The molecule has 0 aliphatic carbocycles. The van der Waals surface area contributed by atoms with Gasteiger partial charge in [-0.2, -0.15) is 0 Å². The molecule has 0 bridgehead atoms. The normalized spacial score (nSPS) is 11.1. The monoisotopic (exact) mass is 352 g/mol. The first-order valence-corrected chi connectivity index (χ1v) is 8.47. The Morgan fingerprint density at radius 2 is 1.80 bits per heavy atom. The lowest BCUT2D eigenvalue weighted by Crippen LogP contribution is -2.00. The molecular formula is C19H13FN2O2S. The standard InChI is InChI=1S/C19H13FN2O2S/c20-14-8-6-13(7-9-14)18-16(10-17(23)24)25-19-21-15(11-22(18)19)12-4-2-1-3-5-12/h1-9,11H,10H2,(H,23,24). The Morgan fingerprint density at radius 3 is 2.48 bits per heavy atom. The molecule has 6 heteroatoms. The highest BCUT2D eigenvalue weighted by molar-refractivity contribution is 7.17. The lowest BCUT2D eigenvalue weighted by atomic mass is 10.1. The number of hydrogen-bond acceptors (Lipinski definition) is 3. The fourth-order valence-corrected chi connectivity index (χ4v) is 3.92. The molecule has 0 amide bonds. The van der Waals surface area contributed by atoms with E-state index < -0.39 is 5.97 Å². The molecule has 4 nitrogen and oxygen atoms in total. The zero-order chi connectivity index (χ0) is 17.4. The number of aromatic nitrogens is 2. The zero-order valence-corrected chi connectivity index (χ0v) is 13.8. The minimum Gasteiger partial charge on any atom is -0.481 e. The van der Waals surface area contributed by atoms with E-state index in [0.717, 1.165) is 27.5 Å². The number of carbonyl (C=O) groups is 1. The van der Waals surface area contributed by atoms with Crippen LogP contribution in [0.15, 0.2) is 60.8 Å². The van der Waals surface area contributed by atoms with Crippen LogP contribution in [-0.4, -0.2) is 20.5 Å². The third-order valence-electron chi connectivity index (χ3n) is 3.89. The number of benzene rings is 2. The van der Waals surface area contributed by atoms with Gasteiger partial charge in [-0.1, -0.05) is 30.3 Å². The van der Waals surface area contributed by atoms with E-state index in [2.05, 4.69) is 4.98 Å². The molecule has 0 spiro atoms. The Bertz CT molecular complexity index is 1050. The van der Waals surface area contributed by atoms with Gasteiger partial charge in [-0.15, -0.1) is 11.3 Å². The van der Waals surface area contributed by atoms with Gasteiger partial charge in [0.1, 0.15) is 5.82 Å². The van der Waals surface area contributed by atoms with Gasteiger partial charge in [0.15, 0.2) is 4.96 Å². The summed E-state index contributed by atoms with van der Waals surface area (Å²) in [6.45, 7) is 0. The molecule has 25 heavy (non-hydrogen) atoms. The molecule has 2 aromatic heterocycles. The second-order valence-electron chi connectivity index (χ2n) is 5.60. The number of nitrogens with zero attached hydrogens (tertiary/aromatic N) is 2.